The topological polar surface area (TPSA) is 54.4 Å². The van der Waals surface area contributed by atoms with E-state index in [1.54, 1.807) is 0 Å². The molecule has 0 bridgehead atoms. The van der Waals surface area contributed by atoms with E-state index >= 15 is 0 Å². The Kier molecular flexibility index (Phi) is 13.0. The zero-order valence-electron chi connectivity index (χ0n) is 20.7. The Morgan fingerprint density at radius 2 is 1.06 bits per heavy atom. The molecule has 0 amide bonds. The summed E-state index contributed by atoms with van der Waals surface area (Å²) >= 11 is 0. The van der Waals surface area contributed by atoms with Gasteiger partial charge in [-0.1, -0.05) is 148 Å². The molecule has 1 rings (SSSR count). The van der Waals surface area contributed by atoms with Crippen molar-refractivity contribution in [1.82, 2.24) is 0 Å². The second-order valence-electron chi connectivity index (χ2n) is 10.3. The van der Waals surface area contributed by atoms with Gasteiger partial charge >= 0.3 is 0 Å². The van der Waals surface area contributed by atoms with Gasteiger partial charge in [-0.05, 0) is 17.4 Å². The third-order valence-corrected chi connectivity index (χ3v) is 8.71. The van der Waals surface area contributed by atoms with E-state index in [9.17, 15) is 13.0 Å². The van der Waals surface area contributed by atoms with Gasteiger partial charge in [0.05, 0.1) is 0 Å². The van der Waals surface area contributed by atoms with E-state index in [4.69, 9.17) is 0 Å². The number of hydrogen-bond acceptors (Lipinski definition) is 2. The largest absolute Gasteiger partial charge is 0.285 e. The molecule has 1 aromatic rings. The van der Waals surface area contributed by atoms with Crippen LogP contribution in [0.1, 0.15) is 130 Å². The van der Waals surface area contributed by atoms with Crippen LogP contribution < -0.4 is 0 Å². The number of rotatable bonds is 17. The molecule has 1 aromatic carbocycles. The van der Waals surface area contributed by atoms with Crippen molar-refractivity contribution in [3.63, 3.8) is 0 Å². The first-order chi connectivity index (χ1) is 14.7. The van der Waals surface area contributed by atoms with Crippen molar-refractivity contribution in [3.05, 3.63) is 35.9 Å². The second-order valence-corrected chi connectivity index (χ2v) is 11.9. The summed E-state index contributed by atoms with van der Waals surface area (Å²) in [7, 11) is -4.26. The smallest absolute Gasteiger partial charge is 0.275 e. The third-order valence-electron chi connectivity index (χ3n) is 6.77. The van der Waals surface area contributed by atoms with Gasteiger partial charge in [0.15, 0.2) is 0 Å². The average molecular weight is 453 g/mol. The van der Waals surface area contributed by atoms with Crippen molar-refractivity contribution in [2.75, 3.05) is 0 Å². The van der Waals surface area contributed by atoms with Crippen molar-refractivity contribution in [3.8, 4) is 0 Å². The maximum absolute atomic E-state index is 12.6. The Hall–Kier alpha value is -0.870. The molecule has 1 atom stereocenters. The van der Waals surface area contributed by atoms with Crippen LogP contribution in [-0.2, 0) is 14.9 Å². The molecule has 0 aliphatic carbocycles. The summed E-state index contributed by atoms with van der Waals surface area (Å²) in [5, 5.41) is 0. The molecule has 31 heavy (non-hydrogen) atoms. The minimum absolute atomic E-state index is 0.456. The highest BCUT2D eigenvalue weighted by atomic mass is 32.2. The molecule has 0 heterocycles. The van der Waals surface area contributed by atoms with Gasteiger partial charge in [0.1, 0.15) is 4.75 Å². The molecular formula is C27H48O3S. The quantitative estimate of drug-likeness (QED) is 0.190. The minimum atomic E-state index is -4.26. The zero-order chi connectivity index (χ0) is 23.2. The number of benzene rings is 1. The van der Waals surface area contributed by atoms with Crippen LogP contribution in [-0.4, -0.2) is 13.0 Å². The molecule has 1 unspecified atom stereocenters. The van der Waals surface area contributed by atoms with Crippen molar-refractivity contribution in [2.45, 2.75) is 129 Å². The Morgan fingerprint density at radius 3 is 1.42 bits per heavy atom. The van der Waals surface area contributed by atoms with Gasteiger partial charge in [0.2, 0.25) is 0 Å². The van der Waals surface area contributed by atoms with Gasteiger partial charge < -0.3 is 0 Å². The van der Waals surface area contributed by atoms with E-state index in [1.807, 2.05) is 51.1 Å². The lowest BCUT2D eigenvalue weighted by Crippen LogP contribution is -2.47. The fraction of sp³-hybridized carbons (Fsp3) is 0.778. The number of unbranched alkanes of at least 4 members (excludes halogenated alkanes) is 13. The van der Waals surface area contributed by atoms with E-state index in [-0.39, 0.29) is 0 Å². The summed E-state index contributed by atoms with van der Waals surface area (Å²) in [6.07, 6.45) is 18.2. The standard InChI is InChI=1S/C27H48O3S/c1-5-6-7-8-9-10-11-12-13-14-15-16-17-21-24-27(26(2,3)4,31(28,29)30)25-22-19-18-20-23-25/h18-20,22-23H,5-17,21,24H2,1-4H3,(H,28,29,30). The highest BCUT2D eigenvalue weighted by Crippen LogP contribution is 2.49. The Bertz CT molecular complexity index is 676. The van der Waals surface area contributed by atoms with Crippen LogP contribution in [0.5, 0.6) is 0 Å². The zero-order valence-corrected chi connectivity index (χ0v) is 21.5. The SMILES string of the molecule is CCCCCCCCCCCCCCCCC(c1ccccc1)(C(C)(C)C)S(=O)(=O)O. The number of hydrogen-bond donors (Lipinski definition) is 1. The second kappa shape index (κ2) is 14.3. The molecule has 1 N–H and O–H groups in total. The summed E-state index contributed by atoms with van der Waals surface area (Å²) < 4.78 is 34.3. The van der Waals surface area contributed by atoms with Crippen molar-refractivity contribution < 1.29 is 13.0 Å². The van der Waals surface area contributed by atoms with Crippen LogP contribution in [0, 0.1) is 5.41 Å². The van der Waals surface area contributed by atoms with Crippen molar-refractivity contribution in [2.24, 2.45) is 5.41 Å². The van der Waals surface area contributed by atoms with E-state index in [2.05, 4.69) is 6.92 Å². The van der Waals surface area contributed by atoms with E-state index in [0.29, 0.717) is 12.0 Å². The van der Waals surface area contributed by atoms with Crippen molar-refractivity contribution >= 4 is 10.1 Å². The first-order valence-corrected chi connectivity index (χ1v) is 14.1. The summed E-state index contributed by atoms with van der Waals surface area (Å²) in [4.78, 5) is 0. The van der Waals surface area contributed by atoms with Gasteiger partial charge in [0.25, 0.3) is 10.1 Å². The highest BCUT2D eigenvalue weighted by Gasteiger charge is 2.53. The molecule has 3 nitrogen and oxygen atoms in total. The maximum Gasteiger partial charge on any atom is 0.275 e. The molecule has 0 aliphatic heterocycles. The average Bonchev–Trinajstić information content (AvgIpc) is 2.69. The summed E-state index contributed by atoms with van der Waals surface area (Å²) in [5.41, 5.74) is 0.0954. The normalized spacial score (nSPS) is 14.5. The first kappa shape index (κ1) is 28.2. The summed E-state index contributed by atoms with van der Waals surface area (Å²) in [5.74, 6) is 0. The molecule has 0 aromatic heterocycles. The van der Waals surface area contributed by atoms with Gasteiger partial charge in [-0.25, -0.2) is 0 Å². The third kappa shape index (κ3) is 9.26. The van der Waals surface area contributed by atoms with Crippen LogP contribution in [0.3, 0.4) is 0 Å². The molecule has 0 spiro atoms. The molecule has 0 fully saturated rings. The molecule has 180 valence electrons. The Morgan fingerprint density at radius 1 is 0.677 bits per heavy atom. The monoisotopic (exact) mass is 452 g/mol. The van der Waals surface area contributed by atoms with Crippen LogP contribution in [0.15, 0.2) is 30.3 Å². The Labute approximate surface area is 193 Å². The lowest BCUT2D eigenvalue weighted by Gasteiger charge is -2.42. The fourth-order valence-electron chi connectivity index (χ4n) is 4.89. The minimum Gasteiger partial charge on any atom is -0.285 e. The Balaban J connectivity index is 2.36. The van der Waals surface area contributed by atoms with Gasteiger partial charge in [-0.2, -0.15) is 8.42 Å². The van der Waals surface area contributed by atoms with E-state index in [1.165, 1.54) is 70.6 Å². The van der Waals surface area contributed by atoms with Crippen LogP contribution in [0.2, 0.25) is 0 Å². The summed E-state index contributed by atoms with van der Waals surface area (Å²) in [6, 6.07) is 9.26. The first-order valence-electron chi connectivity index (χ1n) is 12.7. The predicted molar refractivity (Wildman–Crippen MR) is 134 cm³/mol. The van der Waals surface area contributed by atoms with Gasteiger partial charge in [-0.15, -0.1) is 0 Å². The molecular weight excluding hydrogens is 404 g/mol. The van der Waals surface area contributed by atoms with Crippen molar-refractivity contribution in [1.29, 1.82) is 0 Å². The lowest BCUT2D eigenvalue weighted by atomic mass is 9.72. The van der Waals surface area contributed by atoms with E-state index < -0.39 is 20.3 Å². The lowest BCUT2D eigenvalue weighted by molar-refractivity contribution is 0.229. The molecule has 0 saturated carbocycles. The van der Waals surface area contributed by atoms with Crippen LogP contribution in [0.25, 0.3) is 0 Å². The molecule has 4 heteroatoms. The predicted octanol–water partition coefficient (Wildman–Crippen LogP) is 8.69. The summed E-state index contributed by atoms with van der Waals surface area (Å²) in [6.45, 7) is 8.01. The maximum atomic E-state index is 12.6. The van der Waals surface area contributed by atoms with Gasteiger partial charge in [0, 0.05) is 0 Å². The molecule has 0 radical (unpaired) electrons. The van der Waals surface area contributed by atoms with E-state index in [0.717, 1.165) is 19.3 Å². The molecule has 0 aliphatic rings. The molecule has 0 saturated heterocycles. The van der Waals surface area contributed by atoms with Crippen LogP contribution in [0.4, 0.5) is 0 Å². The fourth-order valence-corrected chi connectivity index (χ4v) is 6.50. The highest BCUT2D eigenvalue weighted by molar-refractivity contribution is 7.86. The van der Waals surface area contributed by atoms with Gasteiger partial charge in [-0.3, -0.25) is 4.55 Å². The van der Waals surface area contributed by atoms with Crippen LogP contribution >= 0.6 is 0 Å².